The van der Waals surface area contributed by atoms with E-state index >= 15 is 0 Å². The Morgan fingerprint density at radius 3 is 2.79 bits per heavy atom. The molecule has 1 saturated heterocycles. The molecule has 0 aromatic heterocycles. The number of anilines is 1. The Hall–Kier alpha value is -1.09. The third-order valence-corrected chi connectivity index (χ3v) is 4.17. The van der Waals surface area contributed by atoms with Crippen LogP contribution in [0.15, 0.2) is 18.2 Å². The second-order valence-electron chi connectivity index (χ2n) is 6.28. The summed E-state index contributed by atoms with van der Waals surface area (Å²) >= 11 is 0. The molecule has 0 atom stereocenters. The average Bonchev–Trinajstić information content (AvgIpc) is 2.53. The minimum Gasteiger partial charge on any atom is -0.371 e. The van der Waals surface area contributed by atoms with Crippen LogP contribution in [0.25, 0.3) is 0 Å². The van der Waals surface area contributed by atoms with Crippen molar-refractivity contribution in [2.24, 2.45) is 11.1 Å². The highest BCUT2D eigenvalue weighted by Gasteiger charge is 2.24. The summed E-state index contributed by atoms with van der Waals surface area (Å²) in [4.78, 5) is 2.34. The van der Waals surface area contributed by atoms with Gasteiger partial charge in [-0.3, -0.25) is 0 Å². The summed E-state index contributed by atoms with van der Waals surface area (Å²) in [5.74, 6) is -0.119. The highest BCUT2D eigenvalue weighted by atomic mass is 19.1. The van der Waals surface area contributed by atoms with Crippen molar-refractivity contribution in [2.45, 2.75) is 39.5 Å². The van der Waals surface area contributed by atoms with E-state index in [9.17, 15) is 4.39 Å². The quantitative estimate of drug-likeness (QED) is 0.907. The van der Waals surface area contributed by atoms with Gasteiger partial charge in [0.05, 0.1) is 0 Å². The van der Waals surface area contributed by atoms with Crippen LogP contribution in [0.5, 0.6) is 0 Å². The molecule has 1 aromatic rings. The summed E-state index contributed by atoms with van der Waals surface area (Å²) in [6.07, 6.45) is 4.18. The molecule has 1 heterocycles. The predicted octanol–water partition coefficient (Wildman–Crippen LogP) is 3.34. The van der Waals surface area contributed by atoms with Crippen LogP contribution in [0.1, 0.15) is 38.7 Å². The first-order chi connectivity index (χ1) is 9.03. The van der Waals surface area contributed by atoms with Crippen LogP contribution in [0.2, 0.25) is 0 Å². The number of rotatable bonds is 3. The van der Waals surface area contributed by atoms with Gasteiger partial charge in [0, 0.05) is 24.3 Å². The first kappa shape index (κ1) is 14.3. The van der Waals surface area contributed by atoms with Crippen LogP contribution in [0.3, 0.4) is 0 Å². The lowest BCUT2D eigenvalue weighted by Gasteiger charge is -2.27. The zero-order chi connectivity index (χ0) is 13.9. The molecule has 3 heteroatoms. The molecule has 0 amide bonds. The Morgan fingerprint density at radius 1 is 1.26 bits per heavy atom. The Bertz CT molecular complexity index is 429. The molecule has 1 aromatic carbocycles. The molecule has 2 rings (SSSR count). The minimum absolute atomic E-state index is 0.119. The van der Waals surface area contributed by atoms with E-state index in [1.807, 2.05) is 6.07 Å². The van der Waals surface area contributed by atoms with Gasteiger partial charge in [0.15, 0.2) is 0 Å². The largest absolute Gasteiger partial charge is 0.371 e. The maximum Gasteiger partial charge on any atom is 0.128 e. The molecule has 0 unspecified atom stereocenters. The van der Waals surface area contributed by atoms with Gasteiger partial charge in [-0.2, -0.15) is 0 Å². The maximum atomic E-state index is 14.0. The van der Waals surface area contributed by atoms with Crippen LogP contribution in [-0.2, 0) is 6.42 Å². The van der Waals surface area contributed by atoms with Gasteiger partial charge < -0.3 is 10.6 Å². The van der Waals surface area contributed by atoms with Gasteiger partial charge in [-0.25, -0.2) is 4.39 Å². The number of halogens is 1. The van der Waals surface area contributed by atoms with E-state index in [1.54, 1.807) is 6.07 Å². The summed E-state index contributed by atoms with van der Waals surface area (Å²) < 4.78 is 14.0. The smallest absolute Gasteiger partial charge is 0.128 e. The van der Waals surface area contributed by atoms with Gasteiger partial charge in [0.1, 0.15) is 5.82 Å². The molecular formula is C16H25FN2. The Labute approximate surface area is 115 Å². The molecule has 0 radical (unpaired) electrons. The van der Waals surface area contributed by atoms with Crippen molar-refractivity contribution < 1.29 is 4.39 Å². The van der Waals surface area contributed by atoms with Crippen LogP contribution >= 0.6 is 0 Å². The van der Waals surface area contributed by atoms with Crippen molar-refractivity contribution in [2.75, 3.05) is 24.5 Å². The molecule has 0 bridgehead atoms. The number of benzene rings is 1. The normalized spacial score (nSPS) is 19.3. The summed E-state index contributed by atoms with van der Waals surface area (Å²) in [6.45, 7) is 7.16. The molecule has 0 spiro atoms. The second kappa shape index (κ2) is 5.91. The van der Waals surface area contributed by atoms with Crippen LogP contribution in [0.4, 0.5) is 10.1 Å². The molecule has 106 valence electrons. The molecular weight excluding hydrogens is 239 g/mol. The molecule has 2 N–H and O–H groups in total. The number of nitrogens with zero attached hydrogens (tertiary/aromatic N) is 1. The Balaban J connectivity index is 2.23. The van der Waals surface area contributed by atoms with Crippen LogP contribution in [0, 0.1) is 11.2 Å². The van der Waals surface area contributed by atoms with Crippen molar-refractivity contribution in [3.8, 4) is 0 Å². The van der Waals surface area contributed by atoms with E-state index in [0.29, 0.717) is 18.4 Å². The summed E-state index contributed by atoms with van der Waals surface area (Å²) in [6, 6.07) is 5.38. The third-order valence-electron chi connectivity index (χ3n) is 4.17. The van der Waals surface area contributed by atoms with Crippen LogP contribution in [-0.4, -0.2) is 19.6 Å². The molecule has 2 nitrogen and oxygen atoms in total. The lowest BCUT2D eigenvalue weighted by Crippen LogP contribution is -2.27. The van der Waals surface area contributed by atoms with Gasteiger partial charge in [0.2, 0.25) is 0 Å². The van der Waals surface area contributed by atoms with Gasteiger partial charge in [-0.05, 0) is 49.8 Å². The number of hydrogen-bond acceptors (Lipinski definition) is 2. The molecule has 0 saturated carbocycles. The summed E-state index contributed by atoms with van der Waals surface area (Å²) in [5.41, 5.74) is 7.84. The van der Waals surface area contributed by atoms with Gasteiger partial charge >= 0.3 is 0 Å². The average molecular weight is 264 g/mol. The van der Waals surface area contributed by atoms with E-state index in [4.69, 9.17) is 5.73 Å². The fourth-order valence-electron chi connectivity index (χ4n) is 2.90. The van der Waals surface area contributed by atoms with E-state index in [0.717, 1.165) is 30.8 Å². The minimum atomic E-state index is -0.119. The molecule has 0 aliphatic carbocycles. The second-order valence-corrected chi connectivity index (χ2v) is 6.28. The lowest BCUT2D eigenvalue weighted by molar-refractivity contribution is 0.325. The lowest BCUT2D eigenvalue weighted by atomic mass is 9.85. The highest BCUT2D eigenvalue weighted by molar-refractivity contribution is 5.54. The Kier molecular flexibility index (Phi) is 4.46. The number of nitrogens with two attached hydrogens (primary N) is 1. The fraction of sp³-hybridized carbons (Fsp3) is 0.625. The van der Waals surface area contributed by atoms with Crippen molar-refractivity contribution in [3.63, 3.8) is 0 Å². The molecule has 1 fully saturated rings. The first-order valence-electron chi connectivity index (χ1n) is 7.26. The first-order valence-corrected chi connectivity index (χ1v) is 7.26. The molecule has 19 heavy (non-hydrogen) atoms. The fourth-order valence-corrected chi connectivity index (χ4v) is 2.90. The van der Waals surface area contributed by atoms with Gasteiger partial charge in [0.25, 0.3) is 0 Å². The Morgan fingerprint density at radius 2 is 2.05 bits per heavy atom. The van der Waals surface area contributed by atoms with E-state index in [2.05, 4.69) is 18.7 Å². The van der Waals surface area contributed by atoms with E-state index in [1.165, 1.54) is 18.9 Å². The predicted molar refractivity (Wildman–Crippen MR) is 79.0 cm³/mol. The monoisotopic (exact) mass is 264 g/mol. The van der Waals surface area contributed by atoms with Crippen molar-refractivity contribution >= 4 is 5.69 Å². The van der Waals surface area contributed by atoms with Gasteiger partial charge in [-0.1, -0.05) is 19.9 Å². The molecule has 1 aliphatic rings. The zero-order valence-corrected chi connectivity index (χ0v) is 12.1. The third kappa shape index (κ3) is 3.47. The topological polar surface area (TPSA) is 29.3 Å². The van der Waals surface area contributed by atoms with E-state index in [-0.39, 0.29) is 5.82 Å². The van der Waals surface area contributed by atoms with Gasteiger partial charge in [-0.15, -0.1) is 0 Å². The number of hydrogen-bond donors (Lipinski definition) is 1. The van der Waals surface area contributed by atoms with Crippen molar-refractivity contribution in [1.29, 1.82) is 0 Å². The maximum absolute atomic E-state index is 14.0. The highest BCUT2D eigenvalue weighted by Crippen LogP contribution is 2.33. The zero-order valence-electron chi connectivity index (χ0n) is 12.1. The summed E-state index contributed by atoms with van der Waals surface area (Å²) in [5, 5.41) is 0. The van der Waals surface area contributed by atoms with E-state index < -0.39 is 0 Å². The van der Waals surface area contributed by atoms with Crippen LogP contribution < -0.4 is 10.6 Å². The SMILES string of the molecule is CC1(C)CCCN(c2cccc(F)c2CCN)CC1. The summed E-state index contributed by atoms with van der Waals surface area (Å²) in [7, 11) is 0. The van der Waals surface area contributed by atoms with Crippen molar-refractivity contribution in [3.05, 3.63) is 29.6 Å². The standard InChI is InChI=1S/C16H25FN2/c1-16(2)8-4-11-19(12-9-16)15-6-3-5-14(17)13(15)7-10-18/h3,5-6H,4,7-12,18H2,1-2H3. The molecule has 1 aliphatic heterocycles. The van der Waals surface area contributed by atoms with Crippen molar-refractivity contribution in [1.82, 2.24) is 0 Å².